The van der Waals surface area contributed by atoms with Crippen LogP contribution in [0.2, 0.25) is 0 Å². The van der Waals surface area contributed by atoms with Crippen molar-refractivity contribution in [2.75, 3.05) is 13.2 Å². The van der Waals surface area contributed by atoms with Gasteiger partial charge in [-0.2, -0.15) is 0 Å². The first-order valence-electron chi connectivity index (χ1n) is 12.8. The van der Waals surface area contributed by atoms with Crippen molar-refractivity contribution in [2.24, 2.45) is 5.73 Å². The summed E-state index contributed by atoms with van der Waals surface area (Å²) in [4.78, 5) is 71.0. The van der Waals surface area contributed by atoms with Gasteiger partial charge < -0.3 is 49.3 Å². The summed E-state index contributed by atoms with van der Waals surface area (Å²) in [5, 5.41) is 11.7. The Hall–Kier alpha value is -3.50. The number of hydrogen-bond acceptors (Lipinski definition) is 14. The van der Waals surface area contributed by atoms with Gasteiger partial charge in [0.25, 0.3) is 0 Å². The van der Waals surface area contributed by atoms with E-state index in [4.69, 9.17) is 38.9 Å². The molecule has 7 atom stereocenters. The highest BCUT2D eigenvalue weighted by Gasteiger charge is 2.53. The zero-order valence-electron chi connectivity index (χ0n) is 24.2. The van der Waals surface area contributed by atoms with Crippen LogP contribution in [0.4, 0.5) is 4.79 Å². The number of nitrogens with one attached hydrogen (secondary N) is 1. The Morgan fingerprint density at radius 1 is 0.854 bits per heavy atom. The summed E-state index contributed by atoms with van der Waals surface area (Å²) < 4.78 is 38.2. The predicted molar refractivity (Wildman–Crippen MR) is 136 cm³/mol. The first-order valence-corrected chi connectivity index (χ1v) is 12.8. The van der Waals surface area contributed by atoms with Crippen LogP contribution in [0.25, 0.3) is 0 Å². The van der Waals surface area contributed by atoms with Crippen molar-refractivity contribution in [3.05, 3.63) is 0 Å². The summed E-state index contributed by atoms with van der Waals surface area (Å²) in [7, 11) is 0. The summed E-state index contributed by atoms with van der Waals surface area (Å²) in [6, 6.07) is -1.27. The molecule has 0 spiro atoms. The highest BCUT2D eigenvalue weighted by molar-refractivity contribution is 5.73. The molecule has 0 aromatic carbocycles. The van der Waals surface area contributed by atoms with Gasteiger partial charge in [0.15, 0.2) is 24.6 Å². The van der Waals surface area contributed by atoms with Gasteiger partial charge in [-0.25, -0.2) is 4.79 Å². The van der Waals surface area contributed by atoms with Gasteiger partial charge >= 0.3 is 35.9 Å². The Bertz CT molecular complexity index is 949. The van der Waals surface area contributed by atoms with E-state index >= 15 is 0 Å². The molecule has 1 aliphatic rings. The molecule has 16 nitrogen and oxygen atoms in total. The van der Waals surface area contributed by atoms with Crippen LogP contribution >= 0.6 is 0 Å². The number of aliphatic carboxylic acids is 1. The predicted octanol–water partition coefficient (Wildman–Crippen LogP) is 0.172. The van der Waals surface area contributed by atoms with Crippen LogP contribution in [-0.2, 0) is 57.1 Å². The highest BCUT2D eigenvalue weighted by Crippen LogP contribution is 2.31. The smallest absolute Gasteiger partial charge is 0.407 e. The van der Waals surface area contributed by atoms with Crippen molar-refractivity contribution in [3.63, 3.8) is 0 Å². The molecular formula is C25H40N2O14. The van der Waals surface area contributed by atoms with Crippen molar-refractivity contribution in [1.82, 2.24) is 5.32 Å². The fourth-order valence-corrected chi connectivity index (χ4v) is 3.71. The van der Waals surface area contributed by atoms with Gasteiger partial charge in [-0.3, -0.25) is 24.0 Å². The van der Waals surface area contributed by atoms with Gasteiger partial charge in [-0.05, 0) is 33.6 Å². The molecule has 234 valence electrons. The Balaban J connectivity index is 3.41. The van der Waals surface area contributed by atoms with E-state index < -0.39 is 91.0 Å². The van der Waals surface area contributed by atoms with E-state index in [1.165, 1.54) is 0 Å². The second-order valence-electron chi connectivity index (χ2n) is 10.2. The minimum Gasteiger partial charge on any atom is -0.480 e. The molecule has 0 bridgehead atoms. The van der Waals surface area contributed by atoms with Crippen molar-refractivity contribution >= 4 is 35.9 Å². The van der Waals surface area contributed by atoms with E-state index in [1.807, 2.05) is 0 Å². The number of carbonyl (C=O) groups excluding carboxylic acids is 5. The van der Waals surface area contributed by atoms with E-state index in [2.05, 4.69) is 5.32 Å². The summed E-state index contributed by atoms with van der Waals surface area (Å²) in [6.07, 6.45) is -9.10. The van der Waals surface area contributed by atoms with Crippen molar-refractivity contribution in [1.29, 1.82) is 0 Å². The fraction of sp³-hybridized carbons (Fsp3) is 0.760. The van der Waals surface area contributed by atoms with Gasteiger partial charge in [-0.1, -0.05) is 0 Å². The molecule has 0 aromatic heterocycles. The number of amides is 1. The summed E-state index contributed by atoms with van der Waals surface area (Å²) >= 11 is 0. The van der Waals surface area contributed by atoms with Crippen molar-refractivity contribution in [3.8, 4) is 0 Å². The van der Waals surface area contributed by atoms with Crippen LogP contribution in [0.3, 0.4) is 0 Å². The number of carboxylic acids is 1. The lowest BCUT2D eigenvalue weighted by molar-refractivity contribution is -0.316. The second-order valence-corrected chi connectivity index (χ2v) is 10.2. The molecule has 1 saturated heterocycles. The third-order valence-electron chi connectivity index (χ3n) is 5.26. The number of esters is 4. The third-order valence-corrected chi connectivity index (χ3v) is 5.26. The minimum absolute atomic E-state index is 0.0316. The number of carboxylic acid groups (broad SMARTS) is 1. The fourth-order valence-electron chi connectivity index (χ4n) is 3.71. The molecule has 0 saturated carbocycles. The Kier molecular flexibility index (Phi) is 13.9. The van der Waals surface area contributed by atoms with Gasteiger partial charge in [0.1, 0.15) is 24.4 Å². The zero-order valence-corrected chi connectivity index (χ0v) is 24.2. The molecule has 1 amide bonds. The maximum absolute atomic E-state index is 12.3. The molecule has 1 aliphatic heterocycles. The number of ether oxygens (including phenoxy) is 7. The summed E-state index contributed by atoms with van der Waals surface area (Å²) in [6.45, 7) is 8.63. The monoisotopic (exact) mass is 592 g/mol. The van der Waals surface area contributed by atoms with Crippen LogP contribution < -0.4 is 11.1 Å². The van der Waals surface area contributed by atoms with Gasteiger partial charge in [0.2, 0.25) is 0 Å². The average molecular weight is 593 g/mol. The van der Waals surface area contributed by atoms with E-state index in [0.29, 0.717) is 0 Å². The van der Waals surface area contributed by atoms with Gasteiger partial charge in [0, 0.05) is 34.2 Å². The van der Waals surface area contributed by atoms with E-state index in [1.54, 1.807) is 20.8 Å². The number of carbonyl (C=O) groups is 6. The molecule has 1 fully saturated rings. The summed E-state index contributed by atoms with van der Waals surface area (Å²) in [5.41, 5.74) is 4.83. The number of alkyl carbamates (subject to hydrolysis) is 1. The largest absolute Gasteiger partial charge is 0.480 e. The van der Waals surface area contributed by atoms with E-state index in [-0.39, 0.29) is 19.4 Å². The van der Waals surface area contributed by atoms with E-state index in [9.17, 15) is 33.9 Å². The first kappa shape index (κ1) is 35.5. The van der Waals surface area contributed by atoms with Crippen LogP contribution in [0.15, 0.2) is 0 Å². The van der Waals surface area contributed by atoms with Crippen LogP contribution in [0, 0.1) is 0 Å². The Morgan fingerprint density at radius 2 is 1.39 bits per heavy atom. The quantitative estimate of drug-likeness (QED) is 0.191. The lowest BCUT2D eigenvalue weighted by Gasteiger charge is -2.44. The highest BCUT2D eigenvalue weighted by atomic mass is 16.7. The number of rotatable bonds is 13. The van der Waals surface area contributed by atoms with Gasteiger partial charge in [-0.15, -0.1) is 0 Å². The second kappa shape index (κ2) is 16.1. The molecule has 0 aliphatic carbocycles. The lowest BCUT2D eigenvalue weighted by Crippen LogP contribution is -2.63. The van der Waals surface area contributed by atoms with Crippen molar-refractivity contribution < 1.29 is 67.0 Å². The van der Waals surface area contributed by atoms with E-state index in [0.717, 1.165) is 27.7 Å². The molecule has 1 rings (SSSR count). The standard InChI is InChI=1S/C25H40N2O14/c1-12(28)35-11-18-19(36-13(2)29)20(37-14(3)30)21(38-15(4)31)23(40-18)39-16(8-9-17(26)22(32)33)10-27-24(34)41-25(5,6)7/h16-21,23H,8-11,26H2,1-7H3,(H,27,34)(H,32,33)/t16?,17?,18-,19+,20+,21-,23+/m1/s1. The molecular weight excluding hydrogens is 552 g/mol. The molecule has 1 heterocycles. The average Bonchev–Trinajstić information content (AvgIpc) is 2.80. The maximum atomic E-state index is 12.3. The third kappa shape index (κ3) is 13.6. The molecule has 0 radical (unpaired) electrons. The Morgan fingerprint density at radius 3 is 1.88 bits per heavy atom. The van der Waals surface area contributed by atoms with Crippen molar-refractivity contribution in [2.45, 2.75) is 110 Å². The van der Waals surface area contributed by atoms with Crippen LogP contribution in [0.1, 0.15) is 61.3 Å². The zero-order chi connectivity index (χ0) is 31.5. The minimum atomic E-state index is -1.54. The molecule has 41 heavy (non-hydrogen) atoms. The number of hydrogen-bond donors (Lipinski definition) is 3. The maximum Gasteiger partial charge on any atom is 0.407 e. The molecule has 16 heteroatoms. The molecule has 0 aromatic rings. The molecule has 4 N–H and O–H groups in total. The van der Waals surface area contributed by atoms with Crippen LogP contribution in [0.5, 0.6) is 0 Å². The number of nitrogens with two attached hydrogens (primary N) is 1. The van der Waals surface area contributed by atoms with Crippen LogP contribution in [-0.4, -0.2) is 103 Å². The Labute approximate surface area is 237 Å². The topological polar surface area (TPSA) is 225 Å². The SMILES string of the molecule is CC(=O)OC[C@H]1O[C@H](OC(CCC(N)C(=O)O)CNC(=O)OC(C)(C)C)[C@H](OC(C)=O)[C@@H](OC(C)=O)[C@H]1OC(C)=O. The normalized spacial score (nSPS) is 23.8. The summed E-state index contributed by atoms with van der Waals surface area (Å²) in [5.74, 6) is -4.42. The first-order chi connectivity index (χ1) is 18.9. The molecule has 2 unspecified atom stereocenters. The lowest BCUT2D eigenvalue weighted by atomic mass is 9.98. The van der Waals surface area contributed by atoms with Gasteiger partial charge in [0.05, 0.1) is 6.10 Å².